The van der Waals surface area contributed by atoms with Gasteiger partial charge in [0.05, 0.1) is 6.04 Å². The number of nitrogens with zero attached hydrogens (tertiary/aromatic N) is 1. The van der Waals surface area contributed by atoms with Gasteiger partial charge in [-0.25, -0.2) is 0 Å². The van der Waals surface area contributed by atoms with Gasteiger partial charge in [0.25, 0.3) is 0 Å². The Morgan fingerprint density at radius 1 is 1.33 bits per heavy atom. The molecule has 0 aliphatic carbocycles. The van der Waals surface area contributed by atoms with Crippen LogP contribution in [0, 0.1) is 0 Å². The molecule has 0 bridgehead atoms. The van der Waals surface area contributed by atoms with Gasteiger partial charge in [-0.1, -0.05) is 20.3 Å². The summed E-state index contributed by atoms with van der Waals surface area (Å²) in [6, 6.07) is 0.749. The second kappa shape index (κ2) is 7.74. The van der Waals surface area contributed by atoms with Gasteiger partial charge in [0.1, 0.15) is 0 Å². The van der Waals surface area contributed by atoms with Gasteiger partial charge in [-0.15, -0.1) is 0 Å². The van der Waals surface area contributed by atoms with Gasteiger partial charge >= 0.3 is 0 Å². The van der Waals surface area contributed by atoms with Gasteiger partial charge in [-0.3, -0.25) is 4.79 Å². The predicted molar refractivity (Wildman–Crippen MR) is 75.6 cm³/mol. The molecule has 0 aromatic carbocycles. The van der Waals surface area contributed by atoms with E-state index in [1.54, 1.807) is 0 Å². The van der Waals surface area contributed by atoms with Crippen LogP contribution in [0.2, 0.25) is 0 Å². The average molecular weight is 255 g/mol. The lowest BCUT2D eigenvalue weighted by Crippen LogP contribution is -2.60. The summed E-state index contributed by atoms with van der Waals surface area (Å²) in [6.45, 7) is 11.1. The standard InChI is InChI=1S/C14H29N3O/c1-5-7-8-17(12(4)6-2)14(18)13-10-15-11(3)9-16-13/h11-13,15-16H,5-10H2,1-4H3. The molecule has 106 valence electrons. The Kier molecular flexibility index (Phi) is 6.65. The van der Waals surface area contributed by atoms with Crippen molar-refractivity contribution in [3.05, 3.63) is 0 Å². The highest BCUT2D eigenvalue weighted by atomic mass is 16.2. The van der Waals surface area contributed by atoms with Crippen LogP contribution in [0.1, 0.15) is 47.0 Å². The van der Waals surface area contributed by atoms with Gasteiger partial charge in [0.2, 0.25) is 5.91 Å². The zero-order valence-corrected chi connectivity index (χ0v) is 12.3. The van der Waals surface area contributed by atoms with Crippen LogP contribution >= 0.6 is 0 Å². The molecule has 1 rings (SSSR count). The van der Waals surface area contributed by atoms with E-state index in [1.807, 2.05) is 0 Å². The van der Waals surface area contributed by atoms with E-state index in [2.05, 4.69) is 43.2 Å². The summed E-state index contributed by atoms with van der Waals surface area (Å²) < 4.78 is 0. The Bertz CT molecular complexity index is 249. The Hall–Kier alpha value is -0.610. The van der Waals surface area contributed by atoms with Crippen LogP contribution in [-0.2, 0) is 4.79 Å². The molecule has 4 nitrogen and oxygen atoms in total. The summed E-state index contributed by atoms with van der Waals surface area (Å²) in [5, 5.41) is 6.72. The molecule has 0 spiro atoms. The largest absolute Gasteiger partial charge is 0.339 e. The van der Waals surface area contributed by atoms with Crippen LogP contribution in [0.5, 0.6) is 0 Å². The van der Waals surface area contributed by atoms with E-state index < -0.39 is 0 Å². The molecule has 1 aliphatic rings. The third-order valence-electron chi connectivity index (χ3n) is 3.80. The van der Waals surface area contributed by atoms with Crippen molar-refractivity contribution in [2.75, 3.05) is 19.6 Å². The first-order valence-electron chi connectivity index (χ1n) is 7.37. The molecule has 1 fully saturated rings. The third-order valence-corrected chi connectivity index (χ3v) is 3.80. The van der Waals surface area contributed by atoms with E-state index in [0.29, 0.717) is 12.1 Å². The normalized spacial score (nSPS) is 25.8. The second-order valence-electron chi connectivity index (χ2n) is 5.41. The van der Waals surface area contributed by atoms with Crippen LogP contribution in [0.3, 0.4) is 0 Å². The molecule has 2 N–H and O–H groups in total. The predicted octanol–water partition coefficient (Wildman–Crippen LogP) is 1.36. The molecule has 4 heteroatoms. The van der Waals surface area contributed by atoms with Crippen molar-refractivity contribution in [2.45, 2.75) is 65.1 Å². The van der Waals surface area contributed by atoms with Crippen LogP contribution in [0.25, 0.3) is 0 Å². The quantitative estimate of drug-likeness (QED) is 0.753. The number of hydrogen-bond acceptors (Lipinski definition) is 3. The summed E-state index contributed by atoms with van der Waals surface area (Å²) in [7, 11) is 0. The number of carbonyl (C=O) groups excluding carboxylic acids is 1. The van der Waals surface area contributed by atoms with E-state index in [-0.39, 0.29) is 11.9 Å². The summed E-state index contributed by atoms with van der Waals surface area (Å²) in [6.07, 6.45) is 3.24. The molecule has 0 saturated carbocycles. The number of carbonyl (C=O) groups is 1. The highest BCUT2D eigenvalue weighted by molar-refractivity contribution is 5.82. The fraction of sp³-hybridized carbons (Fsp3) is 0.929. The number of amides is 1. The molecule has 1 aliphatic heterocycles. The van der Waals surface area contributed by atoms with E-state index in [0.717, 1.165) is 38.9 Å². The minimum Gasteiger partial charge on any atom is -0.339 e. The van der Waals surface area contributed by atoms with Crippen LogP contribution in [0.15, 0.2) is 0 Å². The van der Waals surface area contributed by atoms with Gasteiger partial charge in [-0.05, 0) is 26.7 Å². The number of rotatable bonds is 6. The van der Waals surface area contributed by atoms with Crippen molar-refractivity contribution in [3.63, 3.8) is 0 Å². The fourth-order valence-corrected chi connectivity index (χ4v) is 2.25. The molecule has 3 unspecified atom stereocenters. The lowest BCUT2D eigenvalue weighted by Gasteiger charge is -2.35. The maximum atomic E-state index is 12.5. The van der Waals surface area contributed by atoms with E-state index >= 15 is 0 Å². The van der Waals surface area contributed by atoms with E-state index in [1.165, 1.54) is 0 Å². The maximum Gasteiger partial charge on any atom is 0.241 e. The van der Waals surface area contributed by atoms with E-state index in [4.69, 9.17) is 0 Å². The molecular formula is C14H29N3O. The van der Waals surface area contributed by atoms with Crippen LogP contribution in [-0.4, -0.2) is 48.6 Å². The zero-order valence-electron chi connectivity index (χ0n) is 12.3. The van der Waals surface area contributed by atoms with Crippen molar-refractivity contribution in [1.29, 1.82) is 0 Å². The minimum absolute atomic E-state index is 0.0490. The number of nitrogens with one attached hydrogen (secondary N) is 2. The van der Waals surface area contributed by atoms with E-state index in [9.17, 15) is 4.79 Å². The highest BCUT2D eigenvalue weighted by Gasteiger charge is 2.29. The topological polar surface area (TPSA) is 44.4 Å². The van der Waals surface area contributed by atoms with Gasteiger partial charge in [0.15, 0.2) is 0 Å². The molecule has 1 saturated heterocycles. The molecular weight excluding hydrogens is 226 g/mol. The molecule has 0 aromatic rings. The Morgan fingerprint density at radius 3 is 2.56 bits per heavy atom. The van der Waals surface area contributed by atoms with Gasteiger partial charge in [0, 0.05) is 31.7 Å². The Balaban J connectivity index is 2.57. The average Bonchev–Trinajstić information content (AvgIpc) is 2.39. The molecule has 3 atom stereocenters. The third kappa shape index (κ3) is 4.25. The van der Waals surface area contributed by atoms with Crippen molar-refractivity contribution in [3.8, 4) is 0 Å². The summed E-state index contributed by atoms with van der Waals surface area (Å²) in [5.41, 5.74) is 0. The molecule has 0 radical (unpaired) electrons. The molecule has 1 heterocycles. The maximum absolute atomic E-state index is 12.5. The lowest BCUT2D eigenvalue weighted by atomic mass is 10.1. The first-order valence-corrected chi connectivity index (χ1v) is 7.37. The summed E-state index contributed by atoms with van der Waals surface area (Å²) >= 11 is 0. The van der Waals surface area contributed by atoms with Crippen molar-refractivity contribution in [1.82, 2.24) is 15.5 Å². The molecule has 18 heavy (non-hydrogen) atoms. The second-order valence-corrected chi connectivity index (χ2v) is 5.41. The fourth-order valence-electron chi connectivity index (χ4n) is 2.25. The summed E-state index contributed by atoms with van der Waals surface area (Å²) in [5.74, 6) is 0.261. The highest BCUT2D eigenvalue weighted by Crippen LogP contribution is 2.09. The Morgan fingerprint density at radius 2 is 2.06 bits per heavy atom. The minimum atomic E-state index is -0.0490. The first-order chi connectivity index (χ1) is 8.60. The SMILES string of the molecule is CCCCN(C(=O)C1CNC(C)CN1)C(C)CC. The number of hydrogen-bond donors (Lipinski definition) is 2. The number of unbranched alkanes of at least 4 members (excludes halogenated alkanes) is 1. The Labute approximate surface area is 111 Å². The first kappa shape index (κ1) is 15.4. The van der Waals surface area contributed by atoms with Crippen LogP contribution < -0.4 is 10.6 Å². The van der Waals surface area contributed by atoms with Gasteiger partial charge in [-0.2, -0.15) is 0 Å². The lowest BCUT2D eigenvalue weighted by molar-refractivity contribution is -0.136. The molecule has 0 aromatic heterocycles. The van der Waals surface area contributed by atoms with Crippen molar-refractivity contribution in [2.24, 2.45) is 0 Å². The van der Waals surface area contributed by atoms with Gasteiger partial charge < -0.3 is 15.5 Å². The zero-order chi connectivity index (χ0) is 13.5. The van der Waals surface area contributed by atoms with Crippen molar-refractivity contribution < 1.29 is 4.79 Å². The summed E-state index contributed by atoms with van der Waals surface area (Å²) in [4.78, 5) is 14.6. The number of piperazine rings is 1. The molecule has 1 amide bonds. The smallest absolute Gasteiger partial charge is 0.241 e. The van der Waals surface area contributed by atoms with Crippen LogP contribution in [0.4, 0.5) is 0 Å². The van der Waals surface area contributed by atoms with Crippen molar-refractivity contribution >= 4 is 5.91 Å². The monoisotopic (exact) mass is 255 g/mol.